The van der Waals surface area contributed by atoms with Crippen LogP contribution in [0.5, 0.6) is 0 Å². The van der Waals surface area contributed by atoms with Crippen molar-refractivity contribution in [2.75, 3.05) is 0 Å². The first kappa shape index (κ1) is 11.8. The van der Waals surface area contributed by atoms with Crippen molar-refractivity contribution in [1.82, 2.24) is 0 Å². The van der Waals surface area contributed by atoms with Gasteiger partial charge in [0.05, 0.1) is 0 Å². The monoisotopic (exact) mass is 282 g/mol. The average Bonchev–Trinajstić information content (AvgIpc) is 2.94. The third-order valence-electron chi connectivity index (χ3n) is 4.50. The Bertz CT molecular complexity index is 1180. The predicted octanol–water partition coefficient (Wildman–Crippen LogP) is 6.20. The molecule has 22 heavy (non-hydrogen) atoms. The first-order chi connectivity index (χ1) is 10.8. The van der Waals surface area contributed by atoms with Gasteiger partial charge in [0.15, 0.2) is 0 Å². The van der Waals surface area contributed by atoms with Crippen molar-refractivity contribution in [1.29, 1.82) is 0 Å². The molecule has 1 nitrogen and oxygen atoms in total. The third-order valence-corrected chi connectivity index (χ3v) is 4.50. The Kier molecular flexibility index (Phi) is 2.21. The van der Waals surface area contributed by atoms with Crippen LogP contribution in [0.1, 0.15) is 5.56 Å². The Hall–Kier alpha value is -2.80. The molecule has 1 heteroatoms. The van der Waals surface area contributed by atoms with E-state index >= 15 is 0 Å². The quantitative estimate of drug-likeness (QED) is 0.308. The molecule has 0 spiro atoms. The molecule has 0 aliphatic rings. The lowest BCUT2D eigenvalue weighted by Gasteiger charge is -2.05. The number of hydrogen-bond acceptors (Lipinski definition) is 1. The molecule has 0 atom stereocenters. The number of aryl methyl sites for hydroxylation is 1. The molecule has 5 aromatic rings. The molecular weight excluding hydrogens is 268 g/mol. The lowest BCUT2D eigenvalue weighted by Crippen LogP contribution is -1.80. The van der Waals surface area contributed by atoms with Crippen molar-refractivity contribution in [3.05, 3.63) is 72.3 Å². The van der Waals surface area contributed by atoms with Crippen molar-refractivity contribution in [2.45, 2.75) is 6.92 Å². The molecule has 4 aromatic carbocycles. The molecule has 0 bridgehead atoms. The second kappa shape index (κ2) is 4.11. The van der Waals surface area contributed by atoms with Crippen LogP contribution in [0.25, 0.3) is 43.5 Å². The Morgan fingerprint density at radius 1 is 0.636 bits per heavy atom. The highest BCUT2D eigenvalue weighted by Gasteiger charge is 2.14. The number of fused-ring (bicyclic) bond motifs is 8. The Labute approximate surface area is 127 Å². The van der Waals surface area contributed by atoms with Crippen molar-refractivity contribution in [3.8, 4) is 0 Å². The van der Waals surface area contributed by atoms with Gasteiger partial charge in [-0.1, -0.05) is 60.2 Å². The molecule has 0 fully saturated rings. The average molecular weight is 282 g/mol. The van der Waals surface area contributed by atoms with Crippen LogP contribution >= 0.6 is 0 Å². The van der Waals surface area contributed by atoms with Crippen molar-refractivity contribution in [3.63, 3.8) is 0 Å². The van der Waals surface area contributed by atoms with Gasteiger partial charge in [0.2, 0.25) is 0 Å². The Morgan fingerprint density at radius 3 is 2.05 bits per heavy atom. The second-order valence-electron chi connectivity index (χ2n) is 5.90. The van der Waals surface area contributed by atoms with Gasteiger partial charge in [-0.3, -0.25) is 0 Å². The van der Waals surface area contributed by atoms with E-state index in [-0.39, 0.29) is 0 Å². The maximum absolute atomic E-state index is 6.23. The van der Waals surface area contributed by atoms with E-state index < -0.39 is 0 Å². The molecule has 0 amide bonds. The fourth-order valence-electron chi connectivity index (χ4n) is 3.52. The van der Waals surface area contributed by atoms with Gasteiger partial charge in [-0.15, -0.1) is 0 Å². The van der Waals surface area contributed by atoms with Crippen molar-refractivity contribution < 1.29 is 4.42 Å². The zero-order valence-electron chi connectivity index (χ0n) is 12.3. The summed E-state index contributed by atoms with van der Waals surface area (Å²) in [5.41, 5.74) is 3.21. The molecule has 0 aliphatic heterocycles. The molecule has 1 heterocycles. The van der Waals surface area contributed by atoms with Gasteiger partial charge >= 0.3 is 0 Å². The lowest BCUT2D eigenvalue weighted by atomic mass is 9.97. The molecular formula is C21H14O. The van der Waals surface area contributed by atoms with Gasteiger partial charge in [-0.05, 0) is 35.2 Å². The normalized spacial score (nSPS) is 11.9. The summed E-state index contributed by atoms with van der Waals surface area (Å²) >= 11 is 0. The first-order valence-electron chi connectivity index (χ1n) is 7.55. The highest BCUT2D eigenvalue weighted by Crippen LogP contribution is 2.40. The van der Waals surface area contributed by atoms with Gasteiger partial charge < -0.3 is 4.42 Å². The zero-order valence-corrected chi connectivity index (χ0v) is 12.3. The number of furan rings is 1. The van der Waals surface area contributed by atoms with Crippen LogP contribution in [0.4, 0.5) is 0 Å². The van der Waals surface area contributed by atoms with Crippen LogP contribution in [0.2, 0.25) is 0 Å². The lowest BCUT2D eigenvalue weighted by molar-refractivity contribution is 0.673. The molecule has 0 saturated heterocycles. The number of rotatable bonds is 0. The maximum atomic E-state index is 6.23. The van der Waals surface area contributed by atoms with Crippen LogP contribution < -0.4 is 0 Å². The Balaban J connectivity index is 2.22. The standard InChI is InChI=1S/C21H14O/c1-13-10-11-19-18(12-13)20-16-8-4-2-6-14(16)15-7-3-5-9-17(15)21(20)22-19/h2-12H,1H3. The molecule has 5 rings (SSSR count). The van der Waals surface area contributed by atoms with Gasteiger partial charge in [-0.2, -0.15) is 0 Å². The Morgan fingerprint density at radius 2 is 1.27 bits per heavy atom. The largest absolute Gasteiger partial charge is 0.455 e. The highest BCUT2D eigenvalue weighted by molar-refractivity contribution is 6.30. The van der Waals surface area contributed by atoms with Crippen LogP contribution in [0.15, 0.2) is 71.1 Å². The third kappa shape index (κ3) is 1.43. The number of benzene rings is 4. The topological polar surface area (TPSA) is 13.1 Å². The van der Waals surface area contributed by atoms with E-state index in [9.17, 15) is 0 Å². The van der Waals surface area contributed by atoms with Crippen LogP contribution in [0, 0.1) is 6.92 Å². The summed E-state index contributed by atoms with van der Waals surface area (Å²) in [5, 5.41) is 7.42. The van der Waals surface area contributed by atoms with Gasteiger partial charge in [0, 0.05) is 16.2 Å². The zero-order chi connectivity index (χ0) is 14.7. The van der Waals surface area contributed by atoms with Crippen LogP contribution in [-0.4, -0.2) is 0 Å². The summed E-state index contributed by atoms with van der Waals surface area (Å²) in [6.45, 7) is 2.13. The second-order valence-corrected chi connectivity index (χ2v) is 5.90. The smallest absolute Gasteiger partial charge is 0.143 e. The minimum Gasteiger partial charge on any atom is -0.455 e. The summed E-state index contributed by atoms with van der Waals surface area (Å²) < 4.78 is 6.23. The van der Waals surface area contributed by atoms with E-state index in [0.717, 1.165) is 11.2 Å². The molecule has 0 aliphatic carbocycles. The minimum atomic E-state index is 0.960. The maximum Gasteiger partial charge on any atom is 0.143 e. The van der Waals surface area contributed by atoms with Crippen LogP contribution in [0.3, 0.4) is 0 Å². The molecule has 0 saturated carbocycles. The van der Waals surface area contributed by atoms with E-state index in [4.69, 9.17) is 4.42 Å². The summed E-state index contributed by atoms with van der Waals surface area (Å²) in [4.78, 5) is 0. The van der Waals surface area contributed by atoms with Gasteiger partial charge in [0.1, 0.15) is 11.2 Å². The fraction of sp³-hybridized carbons (Fsp3) is 0.0476. The van der Waals surface area contributed by atoms with Crippen LogP contribution in [-0.2, 0) is 0 Å². The van der Waals surface area contributed by atoms with E-state index in [1.165, 1.54) is 37.9 Å². The fourth-order valence-corrected chi connectivity index (χ4v) is 3.52. The first-order valence-corrected chi connectivity index (χ1v) is 7.55. The molecule has 0 unspecified atom stereocenters. The van der Waals surface area contributed by atoms with Gasteiger partial charge in [-0.25, -0.2) is 0 Å². The van der Waals surface area contributed by atoms with E-state index in [0.29, 0.717) is 0 Å². The minimum absolute atomic E-state index is 0.960. The number of hydrogen-bond donors (Lipinski definition) is 0. The SMILES string of the molecule is Cc1ccc2oc3c4ccccc4c4ccccc4c3c2c1. The molecule has 0 radical (unpaired) electrons. The summed E-state index contributed by atoms with van der Waals surface area (Å²) in [6, 6.07) is 23.5. The summed E-state index contributed by atoms with van der Waals surface area (Å²) in [5.74, 6) is 0. The van der Waals surface area contributed by atoms with E-state index in [1.54, 1.807) is 0 Å². The van der Waals surface area contributed by atoms with E-state index in [2.05, 4.69) is 73.7 Å². The van der Waals surface area contributed by atoms with Gasteiger partial charge in [0.25, 0.3) is 0 Å². The summed E-state index contributed by atoms with van der Waals surface area (Å²) in [6.07, 6.45) is 0. The highest BCUT2D eigenvalue weighted by atomic mass is 16.3. The van der Waals surface area contributed by atoms with Crippen molar-refractivity contribution >= 4 is 43.5 Å². The molecule has 0 N–H and O–H groups in total. The summed E-state index contributed by atoms with van der Waals surface area (Å²) in [7, 11) is 0. The molecule has 1 aromatic heterocycles. The van der Waals surface area contributed by atoms with Crippen molar-refractivity contribution in [2.24, 2.45) is 0 Å². The molecule has 104 valence electrons. The predicted molar refractivity (Wildman–Crippen MR) is 93.5 cm³/mol. The van der Waals surface area contributed by atoms with E-state index in [1.807, 2.05) is 0 Å².